The predicted octanol–water partition coefficient (Wildman–Crippen LogP) is 2.23. The van der Waals surface area contributed by atoms with Gasteiger partial charge in [0.1, 0.15) is 5.69 Å². The van der Waals surface area contributed by atoms with Crippen LogP contribution in [0, 0.1) is 5.92 Å². The van der Waals surface area contributed by atoms with Crippen molar-refractivity contribution in [3.63, 3.8) is 0 Å². The summed E-state index contributed by atoms with van der Waals surface area (Å²) in [6, 6.07) is 11.7. The molecule has 0 radical (unpaired) electrons. The largest absolute Gasteiger partial charge is 0.366 e. The molecule has 5 nitrogen and oxygen atoms in total. The summed E-state index contributed by atoms with van der Waals surface area (Å²) in [6.45, 7) is 2.59. The molecule has 5 heteroatoms. The molecular weight excluding hydrogens is 290 g/mol. The molecule has 0 saturated carbocycles. The molecule has 2 N–H and O–H groups in total. The lowest BCUT2D eigenvalue weighted by Gasteiger charge is -2.32. The standard InChI is InChI=1S/C18H21N3O2/c22-17-8-9-19-11-16(17)20-18(23)15-7-4-10-21(13-15)12-14-5-2-1-3-6-14/h1-3,5-6,8-9,11,15H,4,7,10,12-13H2,(H,19,22)(H,20,23)/t15-/m1/s1. The van der Waals surface area contributed by atoms with E-state index in [1.165, 1.54) is 17.8 Å². The summed E-state index contributed by atoms with van der Waals surface area (Å²) in [5.41, 5.74) is 1.40. The van der Waals surface area contributed by atoms with Gasteiger partial charge in [0, 0.05) is 31.5 Å². The molecule has 2 aromatic rings. The number of likely N-dealkylation sites (tertiary alicyclic amines) is 1. The summed E-state index contributed by atoms with van der Waals surface area (Å²) < 4.78 is 0. The van der Waals surface area contributed by atoms with Crippen LogP contribution >= 0.6 is 0 Å². The van der Waals surface area contributed by atoms with Crippen LogP contribution in [0.25, 0.3) is 0 Å². The summed E-state index contributed by atoms with van der Waals surface area (Å²) in [6.07, 6.45) is 4.95. The van der Waals surface area contributed by atoms with Crippen LogP contribution in [0.1, 0.15) is 18.4 Å². The number of H-pyrrole nitrogens is 1. The van der Waals surface area contributed by atoms with Crippen LogP contribution in [0.4, 0.5) is 5.69 Å². The van der Waals surface area contributed by atoms with Crippen molar-refractivity contribution in [1.29, 1.82) is 0 Å². The van der Waals surface area contributed by atoms with Gasteiger partial charge in [0.25, 0.3) is 0 Å². The van der Waals surface area contributed by atoms with Crippen molar-refractivity contribution in [2.45, 2.75) is 19.4 Å². The maximum absolute atomic E-state index is 12.4. The van der Waals surface area contributed by atoms with Crippen LogP contribution in [-0.4, -0.2) is 28.9 Å². The third-order valence-electron chi connectivity index (χ3n) is 4.21. The number of nitrogens with one attached hydrogen (secondary N) is 2. The fourth-order valence-corrected chi connectivity index (χ4v) is 3.00. The second kappa shape index (κ2) is 7.24. The first-order chi connectivity index (χ1) is 11.2. The van der Waals surface area contributed by atoms with Crippen LogP contribution in [0.3, 0.4) is 0 Å². The highest BCUT2D eigenvalue weighted by Gasteiger charge is 2.26. The van der Waals surface area contributed by atoms with E-state index >= 15 is 0 Å². The van der Waals surface area contributed by atoms with Crippen molar-refractivity contribution >= 4 is 11.6 Å². The Morgan fingerprint density at radius 2 is 2.09 bits per heavy atom. The topological polar surface area (TPSA) is 65.2 Å². The number of aromatic nitrogens is 1. The van der Waals surface area contributed by atoms with Gasteiger partial charge in [-0.2, -0.15) is 0 Å². The lowest BCUT2D eigenvalue weighted by atomic mass is 9.96. The van der Waals surface area contributed by atoms with Crippen molar-refractivity contribution < 1.29 is 4.79 Å². The first kappa shape index (κ1) is 15.5. The number of rotatable bonds is 4. The third kappa shape index (κ3) is 4.07. The number of anilines is 1. The van der Waals surface area contributed by atoms with E-state index in [0.717, 1.165) is 32.5 Å². The van der Waals surface area contributed by atoms with Gasteiger partial charge in [-0.25, -0.2) is 0 Å². The predicted molar refractivity (Wildman–Crippen MR) is 90.1 cm³/mol. The number of carbonyl (C=O) groups is 1. The fourth-order valence-electron chi connectivity index (χ4n) is 3.00. The Labute approximate surface area is 135 Å². The maximum atomic E-state index is 12.4. The fraction of sp³-hybridized carbons (Fsp3) is 0.333. The zero-order chi connectivity index (χ0) is 16.1. The average Bonchev–Trinajstić information content (AvgIpc) is 2.58. The highest BCUT2D eigenvalue weighted by Crippen LogP contribution is 2.19. The van der Waals surface area contributed by atoms with Gasteiger partial charge in [0.05, 0.1) is 5.92 Å². The third-order valence-corrected chi connectivity index (χ3v) is 4.21. The van der Waals surface area contributed by atoms with Crippen LogP contribution in [-0.2, 0) is 11.3 Å². The van der Waals surface area contributed by atoms with Crippen molar-refractivity contribution in [1.82, 2.24) is 9.88 Å². The van der Waals surface area contributed by atoms with E-state index in [0.29, 0.717) is 5.69 Å². The number of carbonyl (C=O) groups excluding carboxylic acids is 1. The van der Waals surface area contributed by atoms with Crippen molar-refractivity contribution in [2.24, 2.45) is 5.92 Å². The normalized spacial score (nSPS) is 18.5. The molecule has 0 spiro atoms. The van der Waals surface area contributed by atoms with E-state index < -0.39 is 0 Å². The maximum Gasteiger partial charge on any atom is 0.228 e. The van der Waals surface area contributed by atoms with Gasteiger partial charge in [-0.15, -0.1) is 0 Å². The van der Waals surface area contributed by atoms with Crippen LogP contribution in [0.2, 0.25) is 0 Å². The number of piperidine rings is 1. The number of amides is 1. The monoisotopic (exact) mass is 311 g/mol. The molecule has 0 unspecified atom stereocenters. The molecule has 0 aliphatic carbocycles. The number of nitrogens with zero attached hydrogens (tertiary/aromatic N) is 1. The van der Waals surface area contributed by atoms with Crippen LogP contribution < -0.4 is 10.7 Å². The molecule has 1 aliphatic rings. The van der Waals surface area contributed by atoms with E-state index in [9.17, 15) is 9.59 Å². The van der Waals surface area contributed by atoms with E-state index in [-0.39, 0.29) is 17.3 Å². The van der Waals surface area contributed by atoms with Gasteiger partial charge >= 0.3 is 0 Å². The smallest absolute Gasteiger partial charge is 0.228 e. The second-order valence-corrected chi connectivity index (χ2v) is 5.97. The molecule has 1 aromatic carbocycles. The molecule has 120 valence electrons. The summed E-state index contributed by atoms with van der Waals surface area (Å²) >= 11 is 0. The first-order valence-electron chi connectivity index (χ1n) is 7.96. The minimum Gasteiger partial charge on any atom is -0.366 e. The zero-order valence-electron chi connectivity index (χ0n) is 13.0. The number of pyridine rings is 1. The molecule has 1 atom stereocenters. The Bertz CT molecular complexity index is 711. The number of hydrogen-bond acceptors (Lipinski definition) is 3. The molecule has 1 amide bonds. The number of hydrogen-bond donors (Lipinski definition) is 2. The highest BCUT2D eigenvalue weighted by atomic mass is 16.2. The van der Waals surface area contributed by atoms with Crippen LogP contribution in [0.15, 0.2) is 53.6 Å². The molecule has 1 aliphatic heterocycles. The quantitative estimate of drug-likeness (QED) is 0.910. The molecule has 1 aromatic heterocycles. The minimum absolute atomic E-state index is 0.0699. The van der Waals surface area contributed by atoms with Gasteiger partial charge in [0.2, 0.25) is 11.3 Å². The summed E-state index contributed by atoms with van der Waals surface area (Å²) in [5, 5.41) is 2.75. The summed E-state index contributed by atoms with van der Waals surface area (Å²) in [7, 11) is 0. The van der Waals surface area contributed by atoms with Gasteiger partial charge in [-0.1, -0.05) is 30.3 Å². The van der Waals surface area contributed by atoms with Gasteiger partial charge in [-0.05, 0) is 24.9 Å². The molecular formula is C18H21N3O2. The zero-order valence-corrected chi connectivity index (χ0v) is 13.0. The minimum atomic E-state index is -0.172. The molecule has 1 saturated heterocycles. The van der Waals surface area contributed by atoms with Crippen molar-refractivity contribution in [2.75, 3.05) is 18.4 Å². The molecule has 2 heterocycles. The van der Waals surface area contributed by atoms with E-state index in [4.69, 9.17) is 0 Å². The Morgan fingerprint density at radius 3 is 2.87 bits per heavy atom. The Hall–Kier alpha value is -2.40. The Balaban J connectivity index is 1.61. The van der Waals surface area contributed by atoms with Crippen molar-refractivity contribution in [3.8, 4) is 0 Å². The molecule has 1 fully saturated rings. The van der Waals surface area contributed by atoms with E-state index in [2.05, 4.69) is 27.3 Å². The average molecular weight is 311 g/mol. The Kier molecular flexibility index (Phi) is 4.88. The molecule has 0 bridgehead atoms. The lowest BCUT2D eigenvalue weighted by Crippen LogP contribution is -2.40. The van der Waals surface area contributed by atoms with E-state index in [1.807, 2.05) is 18.2 Å². The molecule has 3 rings (SSSR count). The molecule has 23 heavy (non-hydrogen) atoms. The van der Waals surface area contributed by atoms with Gasteiger partial charge in [0.15, 0.2) is 0 Å². The lowest BCUT2D eigenvalue weighted by molar-refractivity contribution is -0.121. The summed E-state index contributed by atoms with van der Waals surface area (Å²) in [4.78, 5) is 29.3. The highest BCUT2D eigenvalue weighted by molar-refractivity contribution is 5.92. The Morgan fingerprint density at radius 1 is 1.26 bits per heavy atom. The first-order valence-corrected chi connectivity index (χ1v) is 7.96. The van der Waals surface area contributed by atoms with Crippen LogP contribution in [0.5, 0.6) is 0 Å². The number of aromatic amines is 1. The SMILES string of the molecule is O=C(Nc1c[nH]ccc1=O)[C@@H]1CCCN(Cc2ccccc2)C1. The van der Waals surface area contributed by atoms with Crippen molar-refractivity contribution in [3.05, 3.63) is 64.6 Å². The van der Waals surface area contributed by atoms with Gasteiger partial charge < -0.3 is 10.3 Å². The van der Waals surface area contributed by atoms with Gasteiger partial charge in [-0.3, -0.25) is 14.5 Å². The second-order valence-electron chi connectivity index (χ2n) is 5.97. The van der Waals surface area contributed by atoms with E-state index in [1.54, 1.807) is 6.20 Å². The number of benzene rings is 1. The summed E-state index contributed by atoms with van der Waals surface area (Å²) in [5.74, 6) is -0.147.